The second-order valence-electron chi connectivity index (χ2n) is 11.5. The molecule has 14 nitrogen and oxygen atoms in total. The lowest BCUT2D eigenvalue weighted by molar-refractivity contribution is -0.141. The summed E-state index contributed by atoms with van der Waals surface area (Å²) in [4.78, 5) is 30.5. The molecule has 1 aliphatic heterocycles. The topological polar surface area (TPSA) is 152 Å². The number of aromatic nitrogens is 4. The molecule has 0 radical (unpaired) electrons. The zero-order chi connectivity index (χ0) is 33.4. The second kappa shape index (κ2) is 12.1. The third-order valence-corrected chi connectivity index (χ3v) is 8.10. The Morgan fingerprint density at radius 1 is 1.07 bits per heavy atom. The number of rotatable bonds is 9. The van der Waals surface area contributed by atoms with E-state index in [1.807, 2.05) is 6.92 Å². The van der Waals surface area contributed by atoms with E-state index in [0.29, 0.717) is 18.5 Å². The molecule has 2 aromatic carbocycles. The number of nitrogens with one attached hydrogen (secondary N) is 1. The number of nitrogens with zero attached hydrogens (tertiary/aromatic N) is 5. The van der Waals surface area contributed by atoms with E-state index >= 15 is 0 Å². The lowest BCUT2D eigenvalue weighted by Gasteiger charge is -2.18. The SMILES string of the molecule is Cc1ccc(-c2cc(C(F)(F)F)nn2-c2ccc(S(=O)(=O)NC(=O)C3CCN(n4on4OCOC(=O)OC(C)(C)C)C3)cc2)cc1. The molecule has 1 aliphatic rings. The third-order valence-electron chi connectivity index (χ3n) is 6.74. The van der Waals surface area contributed by atoms with Gasteiger partial charge in [-0.25, -0.2) is 22.6 Å². The van der Waals surface area contributed by atoms with Gasteiger partial charge in [0.05, 0.1) is 28.7 Å². The molecule has 18 heteroatoms. The summed E-state index contributed by atoms with van der Waals surface area (Å²) in [6.07, 6.45) is -5.33. The number of hydrogen-bond donors (Lipinski definition) is 1. The van der Waals surface area contributed by atoms with Gasteiger partial charge in [-0.15, -0.1) is 0 Å². The molecule has 1 amide bonds. The molecule has 0 bridgehead atoms. The minimum Gasteiger partial charge on any atom is -0.428 e. The predicted molar refractivity (Wildman–Crippen MR) is 154 cm³/mol. The zero-order valence-electron chi connectivity index (χ0n) is 25.1. The molecule has 3 heterocycles. The Labute approximate surface area is 261 Å². The van der Waals surface area contributed by atoms with Crippen molar-refractivity contribution >= 4 is 22.1 Å². The first kappa shape index (κ1) is 32.5. The molecule has 0 aliphatic carbocycles. The van der Waals surface area contributed by atoms with Crippen LogP contribution in [0.3, 0.4) is 0 Å². The van der Waals surface area contributed by atoms with Gasteiger partial charge >= 0.3 is 12.3 Å². The highest BCUT2D eigenvalue weighted by Gasteiger charge is 2.37. The Hall–Kier alpha value is -4.87. The summed E-state index contributed by atoms with van der Waals surface area (Å²) in [5.41, 5.74) is -0.0852. The minimum absolute atomic E-state index is 0.0930. The lowest BCUT2D eigenvalue weighted by atomic mass is 10.1. The molecular formula is C28H31F3N6O8S. The van der Waals surface area contributed by atoms with Crippen LogP contribution in [0.4, 0.5) is 18.0 Å². The average Bonchev–Trinajstić information content (AvgIpc) is 3.34. The van der Waals surface area contributed by atoms with Crippen LogP contribution in [0.5, 0.6) is 0 Å². The van der Waals surface area contributed by atoms with Crippen molar-refractivity contribution in [2.45, 2.75) is 50.8 Å². The van der Waals surface area contributed by atoms with Gasteiger partial charge in [0.15, 0.2) is 5.69 Å². The van der Waals surface area contributed by atoms with E-state index in [4.69, 9.17) is 18.9 Å². The van der Waals surface area contributed by atoms with Crippen LogP contribution in [0.2, 0.25) is 0 Å². The molecule has 2 aromatic heterocycles. The Morgan fingerprint density at radius 2 is 1.74 bits per heavy atom. The van der Waals surface area contributed by atoms with Gasteiger partial charge < -0.3 is 14.3 Å². The van der Waals surface area contributed by atoms with Crippen LogP contribution in [-0.4, -0.2) is 65.7 Å². The van der Waals surface area contributed by atoms with Crippen molar-refractivity contribution in [2.75, 3.05) is 24.9 Å². The third kappa shape index (κ3) is 7.67. The van der Waals surface area contributed by atoms with Crippen molar-refractivity contribution in [3.05, 3.63) is 65.9 Å². The van der Waals surface area contributed by atoms with E-state index < -0.39 is 52.3 Å². The highest BCUT2D eigenvalue weighted by Crippen LogP contribution is 2.33. The highest BCUT2D eigenvalue weighted by atomic mass is 32.2. The number of carbonyl (C=O) groups excluding carboxylic acids is 2. The number of aryl methyl sites for hydroxylation is 1. The van der Waals surface area contributed by atoms with Gasteiger partial charge in [-0.05, 0) is 64.4 Å². The van der Waals surface area contributed by atoms with Crippen molar-refractivity contribution < 1.29 is 50.1 Å². The fourth-order valence-corrected chi connectivity index (χ4v) is 5.52. The molecule has 1 fully saturated rings. The van der Waals surface area contributed by atoms with Crippen molar-refractivity contribution in [3.8, 4) is 16.9 Å². The van der Waals surface area contributed by atoms with Crippen LogP contribution in [0, 0.1) is 12.8 Å². The smallest absolute Gasteiger partial charge is 0.428 e. The molecule has 0 saturated carbocycles. The number of hydrogen-bond acceptors (Lipinski definition) is 10. The normalized spacial score (nSPS) is 15.6. The number of amides is 1. The van der Waals surface area contributed by atoms with Crippen LogP contribution < -0.4 is 14.6 Å². The highest BCUT2D eigenvalue weighted by molar-refractivity contribution is 7.90. The lowest BCUT2D eigenvalue weighted by Crippen LogP contribution is -2.38. The maximum atomic E-state index is 13.5. The summed E-state index contributed by atoms with van der Waals surface area (Å²) in [6, 6.07) is 12.7. The minimum atomic E-state index is -4.70. The van der Waals surface area contributed by atoms with Gasteiger partial charge in [0.25, 0.3) is 16.8 Å². The average molecular weight is 669 g/mol. The van der Waals surface area contributed by atoms with E-state index in [2.05, 4.69) is 9.82 Å². The van der Waals surface area contributed by atoms with Crippen molar-refractivity contribution in [2.24, 2.45) is 5.92 Å². The quantitative estimate of drug-likeness (QED) is 0.206. The summed E-state index contributed by atoms with van der Waals surface area (Å²) in [6.45, 7) is 6.79. The number of ether oxygens (including phenoxy) is 2. The van der Waals surface area contributed by atoms with Gasteiger partial charge in [-0.3, -0.25) is 9.80 Å². The van der Waals surface area contributed by atoms with Crippen LogP contribution in [0.25, 0.3) is 16.9 Å². The summed E-state index contributed by atoms with van der Waals surface area (Å²) in [5.74, 6) is -1.47. The molecule has 46 heavy (non-hydrogen) atoms. The first-order chi connectivity index (χ1) is 21.5. The summed E-state index contributed by atoms with van der Waals surface area (Å²) in [7, 11) is -4.32. The number of benzene rings is 2. The van der Waals surface area contributed by atoms with E-state index in [-0.39, 0.29) is 22.8 Å². The molecular weight excluding hydrogens is 637 g/mol. The summed E-state index contributed by atoms with van der Waals surface area (Å²) >= 11 is 0. The zero-order valence-corrected chi connectivity index (χ0v) is 26.0. The Balaban J connectivity index is 1.20. The second-order valence-corrected chi connectivity index (χ2v) is 13.2. The first-order valence-electron chi connectivity index (χ1n) is 13.9. The van der Waals surface area contributed by atoms with Crippen molar-refractivity contribution in [3.63, 3.8) is 0 Å². The fourth-order valence-electron chi connectivity index (χ4n) is 4.47. The maximum absolute atomic E-state index is 13.5. The van der Waals surface area contributed by atoms with Gasteiger partial charge in [0.2, 0.25) is 5.91 Å². The van der Waals surface area contributed by atoms with Gasteiger partial charge in [0, 0.05) is 17.1 Å². The van der Waals surface area contributed by atoms with E-state index in [9.17, 15) is 31.2 Å². The first-order valence-corrected chi connectivity index (χ1v) is 15.4. The van der Waals surface area contributed by atoms with Gasteiger partial charge in [0.1, 0.15) is 10.6 Å². The number of alkyl halides is 3. The molecule has 1 unspecified atom stereocenters. The van der Waals surface area contributed by atoms with E-state index in [0.717, 1.165) is 21.3 Å². The number of halogens is 3. The molecule has 1 N–H and O–H groups in total. The number of sulfonamides is 1. The van der Waals surface area contributed by atoms with Crippen molar-refractivity contribution in [1.29, 1.82) is 0 Å². The fraction of sp³-hybridized carbons (Fsp3) is 0.393. The molecule has 5 rings (SSSR count). The Bertz CT molecular complexity index is 1800. The predicted octanol–water partition coefficient (Wildman–Crippen LogP) is 3.86. The molecule has 248 valence electrons. The molecule has 1 saturated heterocycles. The maximum Gasteiger partial charge on any atom is 0.511 e. The largest absolute Gasteiger partial charge is 0.511 e. The monoisotopic (exact) mass is 668 g/mol. The van der Waals surface area contributed by atoms with Crippen LogP contribution >= 0.6 is 0 Å². The van der Waals surface area contributed by atoms with Crippen LogP contribution in [0.1, 0.15) is 38.4 Å². The molecule has 1 atom stereocenters. The summed E-state index contributed by atoms with van der Waals surface area (Å²) < 4.78 is 84.6. The van der Waals surface area contributed by atoms with Gasteiger partial charge in [-0.1, -0.05) is 29.8 Å². The Kier molecular flexibility index (Phi) is 8.59. The van der Waals surface area contributed by atoms with Crippen LogP contribution in [-0.2, 0) is 30.5 Å². The van der Waals surface area contributed by atoms with Crippen molar-refractivity contribution in [1.82, 2.24) is 24.5 Å². The molecule has 4 aromatic rings. The Morgan fingerprint density at radius 3 is 2.37 bits per heavy atom. The standard InChI is InChI=1S/C28H31F3N6O8S/c1-18-5-7-19(8-6-18)23-15-24(28(29,30)31)32-35(23)21-9-11-22(12-10-21)46(40,41)33-25(38)20-13-14-34(16-20)36-37(45-36)43-17-42-26(39)44-27(2,3)4/h5-12,15,20H,13-14,16-17H2,1-4H3,(H,33,38). The van der Waals surface area contributed by atoms with Gasteiger partial charge in [-0.2, -0.15) is 22.9 Å². The summed E-state index contributed by atoms with van der Waals surface area (Å²) in [5, 5.41) is 6.21. The molecule has 0 spiro atoms. The van der Waals surface area contributed by atoms with E-state index in [1.165, 1.54) is 29.2 Å². The number of carbonyl (C=O) groups is 2. The van der Waals surface area contributed by atoms with E-state index in [1.54, 1.807) is 50.0 Å². The van der Waals surface area contributed by atoms with Crippen LogP contribution in [0.15, 0.2) is 64.1 Å².